The van der Waals surface area contributed by atoms with Crippen LogP contribution in [0.1, 0.15) is 15.9 Å². The van der Waals surface area contributed by atoms with E-state index >= 15 is 0 Å². The molecule has 1 N–H and O–H groups in total. The third-order valence-corrected chi connectivity index (χ3v) is 3.89. The van der Waals surface area contributed by atoms with Gasteiger partial charge in [-0.05, 0) is 30.2 Å². The monoisotopic (exact) mass is 324 g/mol. The van der Waals surface area contributed by atoms with Gasteiger partial charge in [-0.15, -0.1) is 0 Å². The fraction of sp³-hybridized carbons (Fsp3) is 0.158. The van der Waals surface area contributed by atoms with E-state index in [1.54, 1.807) is 16.8 Å². The smallest absolute Gasteiger partial charge is 0.239 e. The highest BCUT2D eigenvalue weighted by atomic mass is 19.1. The Labute approximate surface area is 138 Å². The number of nitrogens with one attached hydrogen (secondary N) is 1. The van der Waals surface area contributed by atoms with Gasteiger partial charge < -0.3 is 9.88 Å². The molecule has 4 nitrogen and oxygen atoms in total. The Morgan fingerprint density at radius 2 is 1.96 bits per heavy atom. The lowest BCUT2D eigenvalue weighted by Crippen LogP contribution is -2.29. The summed E-state index contributed by atoms with van der Waals surface area (Å²) < 4.78 is 15.0. The molecule has 1 amide bonds. The summed E-state index contributed by atoms with van der Waals surface area (Å²) in [6.07, 6.45) is 3.00. The number of benzene rings is 2. The molecule has 24 heavy (non-hydrogen) atoms. The molecule has 0 radical (unpaired) electrons. The maximum Gasteiger partial charge on any atom is 0.239 e. The molecule has 5 heteroatoms. The average molecular weight is 324 g/mol. The number of hydrogen-bond acceptors (Lipinski definition) is 2. The van der Waals surface area contributed by atoms with Gasteiger partial charge in [-0.1, -0.05) is 30.3 Å². The first-order chi connectivity index (χ1) is 11.7. The number of halogens is 1. The van der Waals surface area contributed by atoms with E-state index in [0.29, 0.717) is 29.3 Å². The van der Waals surface area contributed by atoms with Crippen LogP contribution in [0.15, 0.2) is 54.7 Å². The molecule has 0 aliphatic carbocycles. The first-order valence-electron chi connectivity index (χ1n) is 7.71. The second kappa shape index (κ2) is 7.08. The van der Waals surface area contributed by atoms with E-state index in [4.69, 9.17) is 0 Å². The highest BCUT2D eigenvalue weighted by Crippen LogP contribution is 2.21. The zero-order valence-electron chi connectivity index (χ0n) is 13.0. The summed E-state index contributed by atoms with van der Waals surface area (Å²) in [6.45, 7) is 0.627. The van der Waals surface area contributed by atoms with Crippen molar-refractivity contribution in [3.05, 3.63) is 71.7 Å². The van der Waals surface area contributed by atoms with Crippen LogP contribution in [0.2, 0.25) is 0 Å². The van der Waals surface area contributed by atoms with Gasteiger partial charge in [-0.25, -0.2) is 4.39 Å². The van der Waals surface area contributed by atoms with Gasteiger partial charge >= 0.3 is 0 Å². The second-order valence-corrected chi connectivity index (χ2v) is 5.58. The Kier molecular flexibility index (Phi) is 4.70. The van der Waals surface area contributed by atoms with Crippen molar-refractivity contribution in [1.82, 2.24) is 9.88 Å². The summed E-state index contributed by atoms with van der Waals surface area (Å²) in [6, 6.07) is 14.1. The number of aromatic nitrogens is 1. The molecular weight excluding hydrogens is 307 g/mol. The lowest BCUT2D eigenvalue weighted by Gasteiger charge is -2.07. The quantitative estimate of drug-likeness (QED) is 0.709. The number of rotatable bonds is 6. The molecule has 1 aromatic heterocycles. The molecule has 1 heterocycles. The molecule has 2 aromatic carbocycles. The first kappa shape index (κ1) is 15.9. The van der Waals surface area contributed by atoms with Gasteiger partial charge in [-0.3, -0.25) is 9.59 Å². The normalized spacial score (nSPS) is 10.7. The molecule has 3 aromatic rings. The van der Waals surface area contributed by atoms with Crippen LogP contribution < -0.4 is 5.32 Å². The SMILES string of the molecule is O=Cc1cn(CC(=O)NCCc2ccccc2)c2ccc(F)cc12. The molecule has 0 bridgehead atoms. The van der Waals surface area contributed by atoms with E-state index in [-0.39, 0.29) is 12.5 Å². The number of fused-ring (bicyclic) bond motifs is 1. The minimum Gasteiger partial charge on any atom is -0.354 e. The van der Waals surface area contributed by atoms with Crippen molar-refractivity contribution >= 4 is 23.1 Å². The van der Waals surface area contributed by atoms with E-state index in [1.807, 2.05) is 30.3 Å². The molecular formula is C19H17FN2O2. The summed E-state index contributed by atoms with van der Waals surface area (Å²) in [5.41, 5.74) is 2.20. The second-order valence-electron chi connectivity index (χ2n) is 5.58. The molecule has 0 unspecified atom stereocenters. The molecule has 0 spiro atoms. The van der Waals surface area contributed by atoms with Crippen molar-refractivity contribution in [2.75, 3.05) is 6.54 Å². The van der Waals surface area contributed by atoms with Crippen LogP contribution in [0.4, 0.5) is 4.39 Å². The molecule has 0 saturated carbocycles. The van der Waals surface area contributed by atoms with Crippen LogP contribution in [0.3, 0.4) is 0 Å². The molecule has 3 rings (SSSR count). The Morgan fingerprint density at radius 3 is 2.71 bits per heavy atom. The summed E-state index contributed by atoms with van der Waals surface area (Å²) in [5, 5.41) is 3.38. The number of hydrogen-bond donors (Lipinski definition) is 1. The van der Waals surface area contributed by atoms with Crippen molar-refractivity contribution in [2.24, 2.45) is 0 Å². The fourth-order valence-electron chi connectivity index (χ4n) is 2.72. The van der Waals surface area contributed by atoms with E-state index < -0.39 is 5.82 Å². The fourth-order valence-corrected chi connectivity index (χ4v) is 2.72. The molecule has 0 aliphatic heterocycles. The van der Waals surface area contributed by atoms with Crippen molar-refractivity contribution in [1.29, 1.82) is 0 Å². The predicted molar refractivity (Wildman–Crippen MR) is 90.4 cm³/mol. The van der Waals surface area contributed by atoms with Crippen LogP contribution in [-0.2, 0) is 17.8 Å². The molecule has 122 valence electrons. The molecule has 0 aliphatic rings. The van der Waals surface area contributed by atoms with E-state index in [9.17, 15) is 14.0 Å². The van der Waals surface area contributed by atoms with Gasteiger partial charge in [0, 0.05) is 29.2 Å². The van der Waals surface area contributed by atoms with Crippen LogP contribution in [0.5, 0.6) is 0 Å². The number of carbonyl (C=O) groups excluding carboxylic acids is 2. The molecule has 0 saturated heterocycles. The Hall–Kier alpha value is -2.95. The topological polar surface area (TPSA) is 51.1 Å². The number of amides is 1. The summed E-state index contributed by atoms with van der Waals surface area (Å²) in [4.78, 5) is 23.2. The van der Waals surface area contributed by atoms with Crippen LogP contribution >= 0.6 is 0 Å². The maximum atomic E-state index is 13.3. The Bertz CT molecular complexity index is 872. The summed E-state index contributed by atoms with van der Waals surface area (Å²) in [5.74, 6) is -0.555. The van der Waals surface area contributed by atoms with Crippen molar-refractivity contribution in [3.8, 4) is 0 Å². The minimum absolute atomic E-state index is 0.0881. The maximum absolute atomic E-state index is 13.3. The van der Waals surface area contributed by atoms with Gasteiger partial charge in [0.1, 0.15) is 12.4 Å². The largest absolute Gasteiger partial charge is 0.354 e. The summed E-state index contributed by atoms with van der Waals surface area (Å²) >= 11 is 0. The van der Waals surface area contributed by atoms with E-state index in [2.05, 4.69) is 5.32 Å². The van der Waals surface area contributed by atoms with Gasteiger partial charge in [-0.2, -0.15) is 0 Å². The lowest BCUT2D eigenvalue weighted by molar-refractivity contribution is -0.121. The summed E-state index contributed by atoms with van der Waals surface area (Å²) in [7, 11) is 0. The highest BCUT2D eigenvalue weighted by molar-refractivity contribution is 5.98. The van der Waals surface area contributed by atoms with Gasteiger partial charge in [0.05, 0.1) is 0 Å². The van der Waals surface area contributed by atoms with Crippen molar-refractivity contribution < 1.29 is 14.0 Å². The van der Waals surface area contributed by atoms with Gasteiger partial charge in [0.15, 0.2) is 6.29 Å². The third kappa shape index (κ3) is 3.51. The van der Waals surface area contributed by atoms with Gasteiger partial charge in [0.2, 0.25) is 5.91 Å². The van der Waals surface area contributed by atoms with Crippen LogP contribution in [0, 0.1) is 5.82 Å². The lowest BCUT2D eigenvalue weighted by atomic mass is 10.1. The van der Waals surface area contributed by atoms with Gasteiger partial charge in [0.25, 0.3) is 0 Å². The minimum atomic E-state index is -0.407. The number of nitrogens with zero attached hydrogens (tertiary/aromatic N) is 1. The van der Waals surface area contributed by atoms with E-state index in [1.165, 1.54) is 12.1 Å². The molecule has 0 fully saturated rings. The van der Waals surface area contributed by atoms with Crippen molar-refractivity contribution in [3.63, 3.8) is 0 Å². The first-order valence-corrected chi connectivity index (χ1v) is 7.71. The Balaban J connectivity index is 1.66. The zero-order chi connectivity index (χ0) is 16.9. The highest BCUT2D eigenvalue weighted by Gasteiger charge is 2.11. The van der Waals surface area contributed by atoms with Crippen LogP contribution in [0.25, 0.3) is 10.9 Å². The Morgan fingerprint density at radius 1 is 1.17 bits per heavy atom. The third-order valence-electron chi connectivity index (χ3n) is 3.89. The average Bonchev–Trinajstić information content (AvgIpc) is 2.92. The predicted octanol–water partition coefficient (Wildman–Crippen LogP) is 2.95. The van der Waals surface area contributed by atoms with Crippen LogP contribution in [-0.4, -0.2) is 23.3 Å². The van der Waals surface area contributed by atoms with Crippen molar-refractivity contribution in [2.45, 2.75) is 13.0 Å². The van der Waals surface area contributed by atoms with E-state index in [0.717, 1.165) is 12.0 Å². The number of aldehydes is 1. The molecule has 0 atom stereocenters. The zero-order valence-corrected chi connectivity index (χ0v) is 13.0. The number of carbonyl (C=O) groups is 2. The standard InChI is InChI=1S/C19H17FN2O2/c20-16-6-7-18-17(10-16)15(13-23)11-22(18)12-19(24)21-9-8-14-4-2-1-3-5-14/h1-7,10-11,13H,8-9,12H2,(H,21,24).